The van der Waals surface area contributed by atoms with Gasteiger partial charge in [0, 0.05) is 82.2 Å². The predicted molar refractivity (Wildman–Crippen MR) is 231 cm³/mol. The fraction of sp³-hybridized carbons (Fsp3) is 0.476. The molecule has 2 N–H and O–H groups in total. The lowest BCUT2D eigenvalue weighted by atomic mass is 9.82. The Labute approximate surface area is 369 Å². The molecule has 3 heterocycles. The number of fused-ring (bicyclic) bond motifs is 2. The van der Waals surface area contributed by atoms with Crippen molar-refractivity contribution in [2.45, 2.75) is 93.3 Å². The summed E-state index contributed by atoms with van der Waals surface area (Å²) in [5.41, 5.74) is 4.42. The number of aliphatic carboxylic acids is 1. The van der Waals surface area contributed by atoms with Crippen LogP contribution < -0.4 is 9.80 Å². The number of nitrogens with zero attached hydrogens (tertiary/aromatic N) is 3. The number of hydrogen-bond donors (Lipinski definition) is 2. The van der Waals surface area contributed by atoms with Gasteiger partial charge in [0.25, 0.3) is 10.1 Å². The monoisotopic (exact) mass is 949 g/mol. The van der Waals surface area contributed by atoms with Crippen LogP contribution in [-0.4, -0.2) is 111 Å². The molecule has 21 heteroatoms. The Morgan fingerprint density at radius 2 is 1.14 bits per heavy atom. The van der Waals surface area contributed by atoms with E-state index in [-0.39, 0.29) is 30.8 Å². The molecule has 17 nitrogen and oxygen atoms in total. The first-order valence-electron chi connectivity index (χ1n) is 20.4. The Balaban J connectivity index is 1.48. The average molecular weight is 950 g/mol. The molecule has 3 aliphatic heterocycles. The van der Waals surface area contributed by atoms with Crippen LogP contribution in [0.5, 0.6) is 0 Å². The standard InChI is InChI=1S/C42H53N3O14S4/c1-41(2)33-26-31(62(54,55)56)12-14-35(33)44(20-6-24-60(48,49)50)37(41)16-10-28-8-5-9-29(39(28)43-22-18-30(19-23-43)40(46)47)11-17-38-42(3,4)34-27-32(63(57,58)59)13-15-36(34)45(38)21-7-25-61(51,52)53/h10-17,26-27,30H,5-9,18-25H2,1-4H3,(H4-,46,47,48,49,50,51,52,53,54,55,56,57,58,59)/p-2. The van der Waals surface area contributed by atoms with Crippen LogP contribution in [0.2, 0.25) is 0 Å². The molecule has 63 heavy (non-hydrogen) atoms. The van der Waals surface area contributed by atoms with Crippen LogP contribution in [0.3, 0.4) is 0 Å². The third kappa shape index (κ3) is 10.7. The first-order chi connectivity index (χ1) is 29.1. The molecule has 0 spiro atoms. The van der Waals surface area contributed by atoms with E-state index in [1.165, 1.54) is 36.4 Å². The quantitative estimate of drug-likeness (QED) is 0.209. The van der Waals surface area contributed by atoms with Gasteiger partial charge in [-0.1, -0.05) is 39.8 Å². The Bertz CT molecular complexity index is 2640. The van der Waals surface area contributed by atoms with E-state index in [1.54, 1.807) is 0 Å². The number of hydrogen-bond acceptors (Lipinski definition) is 14. The van der Waals surface area contributed by atoms with Crippen LogP contribution in [0.25, 0.3) is 0 Å². The van der Waals surface area contributed by atoms with E-state index < -0.39 is 79.6 Å². The van der Waals surface area contributed by atoms with Crippen LogP contribution in [0, 0.1) is 5.92 Å². The van der Waals surface area contributed by atoms with Crippen LogP contribution >= 0.6 is 0 Å². The van der Waals surface area contributed by atoms with E-state index in [9.17, 15) is 61.8 Å². The van der Waals surface area contributed by atoms with Crippen molar-refractivity contribution in [3.05, 3.63) is 94.4 Å². The van der Waals surface area contributed by atoms with Gasteiger partial charge in [-0.2, -0.15) is 8.42 Å². The van der Waals surface area contributed by atoms with Crippen molar-refractivity contribution in [1.82, 2.24) is 0 Å². The van der Waals surface area contributed by atoms with Gasteiger partial charge in [-0.3, -0.25) is 9.35 Å². The number of anilines is 2. The van der Waals surface area contributed by atoms with Crippen molar-refractivity contribution < 1.29 is 66.4 Å². The molecule has 1 aliphatic carbocycles. The van der Waals surface area contributed by atoms with E-state index in [0.29, 0.717) is 79.1 Å². The molecule has 0 atom stereocenters. The van der Waals surface area contributed by atoms with E-state index in [4.69, 9.17) is 0 Å². The normalized spacial score (nSPS) is 23.0. The number of carbonyl (C=O) groups is 1. The lowest BCUT2D eigenvalue weighted by Crippen LogP contribution is -2.36. The van der Waals surface area contributed by atoms with Gasteiger partial charge in [-0.15, -0.1) is 0 Å². The summed E-state index contributed by atoms with van der Waals surface area (Å²) < 4.78 is 142. The van der Waals surface area contributed by atoms with Gasteiger partial charge in [0.1, 0.15) is 23.2 Å². The van der Waals surface area contributed by atoms with Crippen molar-refractivity contribution >= 4 is 63.5 Å². The fourth-order valence-corrected chi connectivity index (χ4v) is 11.2. The summed E-state index contributed by atoms with van der Waals surface area (Å²) >= 11 is 0. The number of piperidine rings is 1. The summed E-state index contributed by atoms with van der Waals surface area (Å²) in [4.78, 5) is 14.9. The van der Waals surface area contributed by atoms with Crippen molar-refractivity contribution in [2.24, 2.45) is 5.92 Å². The summed E-state index contributed by atoms with van der Waals surface area (Å²) in [6, 6.07) is 8.17. The van der Waals surface area contributed by atoms with Gasteiger partial charge in [-0.25, -0.2) is 29.8 Å². The molecule has 2 fully saturated rings. The largest absolute Gasteiger partial charge is 0.748 e. The molecule has 1 saturated carbocycles. The molecular weight excluding hydrogens is 899 g/mol. The third-order valence-electron chi connectivity index (χ3n) is 12.4. The molecule has 0 unspecified atom stereocenters. The summed E-state index contributed by atoms with van der Waals surface area (Å²) in [6.07, 6.45) is 10.3. The zero-order chi connectivity index (χ0) is 46.5. The lowest BCUT2D eigenvalue weighted by molar-refractivity contribution is -0.539. The molecule has 1 saturated heterocycles. The second kappa shape index (κ2) is 17.6. The highest BCUT2D eigenvalue weighted by Gasteiger charge is 2.42. The average Bonchev–Trinajstić information content (AvgIpc) is 3.51. The van der Waals surface area contributed by atoms with Crippen molar-refractivity contribution in [3.63, 3.8) is 0 Å². The summed E-state index contributed by atoms with van der Waals surface area (Å²) in [5.74, 6) is -2.66. The minimum absolute atomic E-state index is 0.0231. The number of allylic oxidation sites excluding steroid dienone is 8. The number of benzene rings is 2. The number of carboxylic acid groups (broad SMARTS) is 1. The molecular formula is C42H51N3O14S4-2. The predicted octanol–water partition coefficient (Wildman–Crippen LogP) is 4.36. The zero-order valence-corrected chi connectivity index (χ0v) is 38.6. The molecule has 4 aliphatic rings. The second-order valence-corrected chi connectivity index (χ2v) is 23.2. The highest BCUT2D eigenvalue weighted by molar-refractivity contribution is 7.86. The zero-order valence-electron chi connectivity index (χ0n) is 35.3. The first kappa shape index (κ1) is 48.2. The molecule has 0 aromatic heterocycles. The third-order valence-corrected chi connectivity index (χ3v) is 15.7. The molecule has 6 rings (SSSR count). The summed E-state index contributed by atoms with van der Waals surface area (Å²) in [7, 11) is -18.5. The summed E-state index contributed by atoms with van der Waals surface area (Å²) in [5, 5.41) is 9.81. The van der Waals surface area contributed by atoms with Crippen LogP contribution in [0.1, 0.15) is 83.8 Å². The number of rotatable bonds is 13. The second-order valence-electron chi connectivity index (χ2n) is 17.4. The Kier molecular flexibility index (Phi) is 13.5. The van der Waals surface area contributed by atoms with Gasteiger partial charge >= 0.3 is 5.97 Å². The highest BCUT2D eigenvalue weighted by atomic mass is 32.2. The van der Waals surface area contributed by atoms with Gasteiger partial charge in [-0.05, 0) is 91.8 Å². The summed E-state index contributed by atoms with van der Waals surface area (Å²) in [6.45, 7) is 8.48. The maximum atomic E-state index is 12.2. The SMILES string of the molecule is CC1(C)/C(=C/C=C2\CCC/C(=C\C=C3/N(CCCS(=O)(=O)[O-])c4ccc(S(=O)(=O)O)cc4C3(C)C)C2=[N+]2CCC(C(=O)O)CC2)N(CCCS(=O)(=O)[O-])c2ccc(S(=O)(=O)[O-])cc21. The Morgan fingerprint density at radius 3 is 1.54 bits per heavy atom. The maximum absolute atomic E-state index is 12.2. The molecule has 0 amide bonds. The topological polar surface area (TPSA) is 273 Å². The van der Waals surface area contributed by atoms with E-state index in [2.05, 4.69) is 4.58 Å². The molecule has 2 aromatic carbocycles. The highest BCUT2D eigenvalue weighted by Crippen LogP contribution is 2.50. The van der Waals surface area contributed by atoms with Crippen molar-refractivity contribution in [2.75, 3.05) is 47.5 Å². The fourth-order valence-electron chi connectivity index (χ4n) is 9.26. The van der Waals surface area contributed by atoms with Crippen LogP contribution in [0.15, 0.2) is 93.0 Å². The maximum Gasteiger partial charge on any atom is 0.306 e. The minimum atomic E-state index is -4.82. The van der Waals surface area contributed by atoms with Gasteiger partial charge in [0.2, 0.25) is 5.71 Å². The first-order valence-corrected chi connectivity index (χ1v) is 26.4. The smallest absolute Gasteiger partial charge is 0.306 e. The molecule has 2 aromatic rings. The van der Waals surface area contributed by atoms with E-state index in [1.807, 2.05) is 61.8 Å². The van der Waals surface area contributed by atoms with E-state index >= 15 is 0 Å². The van der Waals surface area contributed by atoms with Gasteiger partial charge in [0.15, 0.2) is 0 Å². The minimum Gasteiger partial charge on any atom is -0.748 e. The van der Waals surface area contributed by atoms with E-state index in [0.717, 1.165) is 16.9 Å². The van der Waals surface area contributed by atoms with Gasteiger partial charge < -0.3 is 28.6 Å². The Morgan fingerprint density at radius 1 is 0.714 bits per heavy atom. The van der Waals surface area contributed by atoms with Crippen LogP contribution in [0.4, 0.5) is 11.4 Å². The lowest BCUT2D eigenvalue weighted by Gasteiger charge is -2.28. The van der Waals surface area contributed by atoms with Crippen molar-refractivity contribution in [1.29, 1.82) is 0 Å². The molecule has 0 radical (unpaired) electrons. The molecule has 344 valence electrons. The van der Waals surface area contributed by atoms with Crippen molar-refractivity contribution in [3.8, 4) is 0 Å². The Hall–Kier alpha value is -4.22. The van der Waals surface area contributed by atoms with Gasteiger partial charge in [0.05, 0.1) is 35.9 Å². The van der Waals surface area contributed by atoms with Crippen LogP contribution in [-0.2, 0) is 56.1 Å². The number of carboxylic acids is 1. The molecule has 0 bridgehead atoms.